The Morgan fingerprint density at radius 3 is 2.55 bits per heavy atom. The number of esters is 1. The normalized spacial score (nSPS) is 11.5. The lowest BCUT2D eigenvalue weighted by atomic mass is 10.1. The van der Waals surface area contributed by atoms with E-state index in [0.29, 0.717) is 17.3 Å². The molecule has 124 valence electrons. The third-order valence-corrected chi connectivity index (χ3v) is 3.07. The molecule has 1 rings (SSSR count). The van der Waals surface area contributed by atoms with Gasteiger partial charge in [-0.15, -0.1) is 0 Å². The highest BCUT2D eigenvalue weighted by Crippen LogP contribution is 2.13. The van der Waals surface area contributed by atoms with Crippen LogP contribution in [0.25, 0.3) is 0 Å². The van der Waals surface area contributed by atoms with Crippen LogP contribution in [0.4, 0.5) is 0 Å². The molecule has 0 N–H and O–H groups in total. The molecule has 0 aliphatic carbocycles. The molecule has 0 spiro atoms. The molecule has 5 heteroatoms. The molecule has 0 amide bonds. The number of nitrogens with zero attached hydrogens (tertiary/aromatic N) is 2. The van der Waals surface area contributed by atoms with E-state index in [1.807, 2.05) is 20.8 Å². The summed E-state index contributed by atoms with van der Waals surface area (Å²) in [7, 11) is 0. The van der Waals surface area contributed by atoms with Crippen molar-refractivity contribution in [2.45, 2.75) is 78.2 Å². The summed E-state index contributed by atoms with van der Waals surface area (Å²) in [4.78, 5) is 16.1. The van der Waals surface area contributed by atoms with Gasteiger partial charge in [0.25, 0.3) is 0 Å². The fraction of sp³-hybridized carbons (Fsp3) is 0.706. The van der Waals surface area contributed by atoms with Gasteiger partial charge < -0.3 is 9.26 Å². The third kappa shape index (κ3) is 7.38. The molecule has 1 aromatic heterocycles. The van der Waals surface area contributed by atoms with Gasteiger partial charge in [0.15, 0.2) is 5.82 Å². The lowest BCUT2D eigenvalue weighted by Gasteiger charge is -2.19. The first kappa shape index (κ1) is 18.4. The van der Waals surface area contributed by atoms with Crippen LogP contribution in [0.5, 0.6) is 0 Å². The van der Waals surface area contributed by atoms with Crippen molar-refractivity contribution in [1.29, 1.82) is 0 Å². The first-order valence-electron chi connectivity index (χ1n) is 8.04. The summed E-state index contributed by atoms with van der Waals surface area (Å²) in [6.07, 6.45) is 7.04. The van der Waals surface area contributed by atoms with Crippen LogP contribution in [0, 0.1) is 0 Å². The molecule has 5 nitrogen and oxygen atoms in total. The van der Waals surface area contributed by atoms with E-state index >= 15 is 0 Å². The molecule has 22 heavy (non-hydrogen) atoms. The van der Waals surface area contributed by atoms with Crippen LogP contribution in [0.3, 0.4) is 0 Å². The van der Waals surface area contributed by atoms with E-state index in [2.05, 4.69) is 23.6 Å². The monoisotopic (exact) mass is 308 g/mol. The zero-order chi connectivity index (χ0) is 16.6. The van der Waals surface area contributed by atoms with E-state index in [-0.39, 0.29) is 6.42 Å². The maximum atomic E-state index is 11.8. The van der Waals surface area contributed by atoms with Gasteiger partial charge in [-0.1, -0.05) is 44.3 Å². The van der Waals surface area contributed by atoms with Crippen molar-refractivity contribution in [2.75, 3.05) is 0 Å². The maximum absolute atomic E-state index is 11.8. The second-order valence-electron chi connectivity index (χ2n) is 6.55. The summed E-state index contributed by atoms with van der Waals surface area (Å²) in [5.74, 6) is 0.690. The number of carbonyl (C=O) groups excluding carboxylic acids is 1. The second-order valence-corrected chi connectivity index (χ2v) is 6.55. The molecule has 0 aliphatic rings. The average Bonchev–Trinajstić information content (AvgIpc) is 2.84. The Hall–Kier alpha value is -1.65. The van der Waals surface area contributed by atoms with Crippen molar-refractivity contribution in [3.05, 3.63) is 23.9 Å². The SMILES string of the molecule is C=C(Cc1nc(CCCCCCC)no1)C(=O)OC(C)(C)C. The Morgan fingerprint density at radius 1 is 1.23 bits per heavy atom. The van der Waals surface area contributed by atoms with E-state index in [1.165, 1.54) is 25.7 Å². The van der Waals surface area contributed by atoms with E-state index in [9.17, 15) is 4.79 Å². The van der Waals surface area contributed by atoms with E-state index in [0.717, 1.165) is 12.8 Å². The topological polar surface area (TPSA) is 65.2 Å². The first-order valence-corrected chi connectivity index (χ1v) is 8.04. The van der Waals surface area contributed by atoms with Crippen LogP contribution in [0.15, 0.2) is 16.7 Å². The van der Waals surface area contributed by atoms with Crippen LogP contribution < -0.4 is 0 Å². The van der Waals surface area contributed by atoms with Crippen LogP contribution in [-0.4, -0.2) is 21.7 Å². The summed E-state index contributed by atoms with van der Waals surface area (Å²) in [6, 6.07) is 0. The molecule has 0 radical (unpaired) electrons. The molecular weight excluding hydrogens is 280 g/mol. The minimum atomic E-state index is -0.529. The Bertz CT molecular complexity index is 486. The number of aromatic nitrogens is 2. The quantitative estimate of drug-likeness (QED) is 0.391. The van der Waals surface area contributed by atoms with Crippen LogP contribution in [0.1, 0.15) is 71.5 Å². The van der Waals surface area contributed by atoms with E-state index in [4.69, 9.17) is 9.26 Å². The maximum Gasteiger partial charge on any atom is 0.334 e. The zero-order valence-corrected chi connectivity index (χ0v) is 14.3. The Balaban J connectivity index is 2.38. The number of rotatable bonds is 9. The summed E-state index contributed by atoms with van der Waals surface area (Å²) in [5.41, 5.74) is -0.202. The molecule has 0 atom stereocenters. The van der Waals surface area contributed by atoms with Gasteiger partial charge in [0.05, 0.1) is 6.42 Å². The molecule has 0 saturated heterocycles. The van der Waals surface area contributed by atoms with Gasteiger partial charge in [-0.05, 0) is 27.2 Å². The van der Waals surface area contributed by atoms with Crippen LogP contribution in [0.2, 0.25) is 0 Å². The van der Waals surface area contributed by atoms with E-state index < -0.39 is 11.6 Å². The Labute approximate surface area is 133 Å². The third-order valence-electron chi connectivity index (χ3n) is 3.07. The molecule has 0 saturated carbocycles. The van der Waals surface area contributed by atoms with Crippen molar-refractivity contribution in [3.63, 3.8) is 0 Å². The van der Waals surface area contributed by atoms with Crippen molar-refractivity contribution in [2.24, 2.45) is 0 Å². The molecular formula is C17H28N2O3. The predicted octanol–water partition coefficient (Wildman–Crippen LogP) is 4.02. The number of unbranched alkanes of at least 4 members (excludes halogenated alkanes) is 4. The number of ether oxygens (including phenoxy) is 1. The van der Waals surface area contributed by atoms with Crippen molar-refractivity contribution in [3.8, 4) is 0 Å². The highest BCUT2D eigenvalue weighted by atomic mass is 16.6. The molecule has 0 fully saturated rings. The molecule has 1 heterocycles. The number of hydrogen-bond donors (Lipinski definition) is 0. The highest BCUT2D eigenvalue weighted by Gasteiger charge is 2.20. The van der Waals surface area contributed by atoms with Gasteiger partial charge in [0, 0.05) is 12.0 Å². The highest BCUT2D eigenvalue weighted by molar-refractivity contribution is 5.88. The lowest BCUT2D eigenvalue weighted by molar-refractivity contribution is -0.150. The minimum Gasteiger partial charge on any atom is -0.457 e. The predicted molar refractivity (Wildman–Crippen MR) is 85.5 cm³/mol. The van der Waals surface area contributed by atoms with Gasteiger partial charge in [-0.25, -0.2) is 4.79 Å². The van der Waals surface area contributed by atoms with Gasteiger partial charge in [0.1, 0.15) is 5.60 Å². The fourth-order valence-corrected chi connectivity index (χ4v) is 1.96. The average molecular weight is 308 g/mol. The van der Waals surface area contributed by atoms with Crippen molar-refractivity contribution in [1.82, 2.24) is 10.1 Å². The smallest absolute Gasteiger partial charge is 0.334 e. The number of aryl methyl sites for hydroxylation is 1. The fourth-order valence-electron chi connectivity index (χ4n) is 1.96. The molecule has 0 aliphatic heterocycles. The van der Waals surface area contributed by atoms with Crippen LogP contribution in [-0.2, 0) is 22.4 Å². The van der Waals surface area contributed by atoms with E-state index in [1.54, 1.807) is 0 Å². The minimum absolute atomic E-state index is 0.234. The molecule has 0 aromatic carbocycles. The summed E-state index contributed by atoms with van der Waals surface area (Å²) in [5, 5.41) is 3.94. The standard InChI is InChI=1S/C17H28N2O3/c1-6-7-8-9-10-11-14-18-15(22-19-14)12-13(2)16(20)21-17(3,4)5/h2,6-12H2,1,3-5H3. The number of carbonyl (C=O) groups is 1. The molecule has 0 bridgehead atoms. The zero-order valence-electron chi connectivity index (χ0n) is 14.3. The lowest BCUT2D eigenvalue weighted by Crippen LogP contribution is -2.25. The van der Waals surface area contributed by atoms with Gasteiger partial charge >= 0.3 is 5.97 Å². The summed E-state index contributed by atoms with van der Waals surface area (Å²) < 4.78 is 10.4. The Morgan fingerprint density at radius 2 is 1.91 bits per heavy atom. The van der Waals surface area contributed by atoms with Crippen molar-refractivity contribution < 1.29 is 14.1 Å². The summed E-state index contributed by atoms with van der Waals surface area (Å²) in [6.45, 7) is 11.4. The Kier molecular flexibility index (Phi) is 7.28. The molecule has 1 aromatic rings. The van der Waals surface area contributed by atoms with Gasteiger partial charge in [0.2, 0.25) is 5.89 Å². The van der Waals surface area contributed by atoms with Crippen LogP contribution >= 0.6 is 0 Å². The largest absolute Gasteiger partial charge is 0.457 e. The first-order chi connectivity index (χ1) is 10.3. The van der Waals surface area contributed by atoms with Crippen molar-refractivity contribution >= 4 is 5.97 Å². The van der Waals surface area contributed by atoms with Gasteiger partial charge in [-0.2, -0.15) is 4.98 Å². The van der Waals surface area contributed by atoms with Gasteiger partial charge in [-0.3, -0.25) is 0 Å². The molecule has 0 unspecified atom stereocenters. The second kappa shape index (κ2) is 8.71. The summed E-state index contributed by atoms with van der Waals surface area (Å²) >= 11 is 0. The number of hydrogen-bond acceptors (Lipinski definition) is 5.